The third kappa shape index (κ3) is 5.11. The van der Waals surface area contributed by atoms with Crippen molar-refractivity contribution in [3.05, 3.63) is 46.9 Å². The van der Waals surface area contributed by atoms with Crippen LogP contribution in [0.1, 0.15) is 30.7 Å². The minimum Gasteiger partial charge on any atom is -0.357 e. The monoisotopic (exact) mass is 373 g/mol. The van der Waals surface area contributed by atoms with Crippen LogP contribution in [0, 0.1) is 5.92 Å². The molecule has 2 aromatic rings. The Bertz CT molecular complexity index is 650. The molecule has 1 aliphatic heterocycles. The van der Waals surface area contributed by atoms with Crippen LogP contribution in [0.15, 0.2) is 47.0 Å². The molecular formula is C20H31N5S. The third-order valence-corrected chi connectivity index (χ3v) is 5.94. The molecule has 0 amide bonds. The van der Waals surface area contributed by atoms with Crippen LogP contribution in [0.5, 0.6) is 0 Å². The number of rotatable bonds is 7. The molecule has 0 aliphatic carbocycles. The lowest BCUT2D eigenvalue weighted by Crippen LogP contribution is -2.40. The van der Waals surface area contributed by atoms with Gasteiger partial charge in [0.25, 0.3) is 0 Å². The van der Waals surface area contributed by atoms with Gasteiger partial charge in [0.2, 0.25) is 0 Å². The molecule has 0 aromatic carbocycles. The molecule has 2 N–H and O–H groups in total. The summed E-state index contributed by atoms with van der Waals surface area (Å²) in [5, 5.41) is 9.03. The standard InChI is InChI=1S/C20H31N5S/c1-3-21-20(22-10-14-25-12-4-5-13-25)23-16-17-8-6-11-24(2)19(17)18-9-7-15-26-18/h4-5,7,9,12-13,15,17,19H,3,6,8,10-11,14,16H2,1-2H3,(H2,21,22,23). The molecule has 0 radical (unpaired) electrons. The van der Waals surface area contributed by atoms with E-state index in [1.165, 1.54) is 24.3 Å². The zero-order valence-corrected chi connectivity index (χ0v) is 16.7. The second kappa shape index (κ2) is 9.78. The van der Waals surface area contributed by atoms with E-state index in [9.17, 15) is 0 Å². The number of likely N-dealkylation sites (tertiary alicyclic amines) is 1. The summed E-state index contributed by atoms with van der Waals surface area (Å²) in [6.45, 7) is 6.87. The Labute approximate surface area is 161 Å². The maximum atomic E-state index is 4.91. The van der Waals surface area contributed by atoms with Crippen molar-refractivity contribution in [2.75, 3.05) is 33.2 Å². The fourth-order valence-corrected chi connectivity index (χ4v) is 4.72. The first-order valence-corrected chi connectivity index (χ1v) is 10.5. The number of nitrogens with one attached hydrogen (secondary N) is 2. The second-order valence-corrected chi connectivity index (χ2v) is 7.89. The van der Waals surface area contributed by atoms with Gasteiger partial charge in [-0.15, -0.1) is 11.3 Å². The molecule has 0 spiro atoms. The van der Waals surface area contributed by atoms with E-state index >= 15 is 0 Å². The summed E-state index contributed by atoms with van der Waals surface area (Å²) in [6.07, 6.45) is 6.69. The topological polar surface area (TPSA) is 44.6 Å². The van der Waals surface area contributed by atoms with Crippen molar-refractivity contribution in [1.82, 2.24) is 20.1 Å². The minimum absolute atomic E-state index is 0.496. The number of aliphatic imine (C=N–C) groups is 1. The van der Waals surface area contributed by atoms with Crippen molar-refractivity contribution in [2.45, 2.75) is 32.4 Å². The molecule has 1 saturated heterocycles. The van der Waals surface area contributed by atoms with E-state index in [4.69, 9.17) is 4.99 Å². The minimum atomic E-state index is 0.496. The van der Waals surface area contributed by atoms with E-state index in [2.05, 4.69) is 76.1 Å². The first kappa shape index (κ1) is 19.0. The van der Waals surface area contributed by atoms with Gasteiger partial charge in [0.15, 0.2) is 5.96 Å². The van der Waals surface area contributed by atoms with Gasteiger partial charge in [-0.3, -0.25) is 9.89 Å². The van der Waals surface area contributed by atoms with Gasteiger partial charge >= 0.3 is 0 Å². The number of guanidine groups is 1. The Kier molecular flexibility index (Phi) is 7.14. The number of aromatic nitrogens is 1. The molecule has 1 aliphatic rings. The molecule has 2 atom stereocenters. The Morgan fingerprint density at radius 1 is 1.27 bits per heavy atom. The molecule has 1 fully saturated rings. The Morgan fingerprint density at radius 2 is 2.12 bits per heavy atom. The van der Waals surface area contributed by atoms with Crippen LogP contribution >= 0.6 is 11.3 Å². The zero-order chi connectivity index (χ0) is 18.2. The predicted molar refractivity (Wildman–Crippen MR) is 111 cm³/mol. The Hall–Kier alpha value is -1.79. The summed E-state index contributed by atoms with van der Waals surface area (Å²) in [5.74, 6) is 1.50. The SMILES string of the molecule is CCNC(=NCC1CCCN(C)C1c1cccs1)NCCn1cccc1. The molecule has 3 heterocycles. The molecule has 0 bridgehead atoms. The molecule has 5 nitrogen and oxygen atoms in total. The molecule has 0 saturated carbocycles. The van der Waals surface area contributed by atoms with Crippen molar-refractivity contribution in [3.8, 4) is 0 Å². The van der Waals surface area contributed by atoms with Crippen LogP contribution < -0.4 is 10.6 Å². The molecule has 3 rings (SSSR count). The summed E-state index contributed by atoms with van der Waals surface area (Å²) in [4.78, 5) is 8.89. The maximum absolute atomic E-state index is 4.91. The average molecular weight is 374 g/mol. The van der Waals surface area contributed by atoms with Crippen molar-refractivity contribution >= 4 is 17.3 Å². The van der Waals surface area contributed by atoms with Crippen molar-refractivity contribution in [3.63, 3.8) is 0 Å². The zero-order valence-electron chi connectivity index (χ0n) is 15.9. The molecule has 142 valence electrons. The average Bonchev–Trinajstić information content (AvgIpc) is 3.33. The number of nitrogens with zero attached hydrogens (tertiary/aromatic N) is 3. The lowest BCUT2D eigenvalue weighted by Gasteiger charge is -2.38. The van der Waals surface area contributed by atoms with Crippen molar-refractivity contribution < 1.29 is 0 Å². The molecule has 2 aromatic heterocycles. The first-order valence-electron chi connectivity index (χ1n) is 9.64. The fourth-order valence-electron chi connectivity index (χ4n) is 3.73. The van der Waals surface area contributed by atoms with Crippen LogP contribution in [0.4, 0.5) is 0 Å². The Balaban J connectivity index is 1.59. The van der Waals surface area contributed by atoms with Crippen LogP contribution in [-0.4, -0.2) is 48.7 Å². The molecular weight excluding hydrogens is 342 g/mol. The number of hydrogen-bond donors (Lipinski definition) is 2. The van der Waals surface area contributed by atoms with Crippen molar-refractivity contribution in [1.29, 1.82) is 0 Å². The third-order valence-electron chi connectivity index (χ3n) is 5.00. The van der Waals surface area contributed by atoms with E-state index < -0.39 is 0 Å². The van der Waals surface area contributed by atoms with Crippen LogP contribution in [0.25, 0.3) is 0 Å². The largest absolute Gasteiger partial charge is 0.357 e. The quantitative estimate of drug-likeness (QED) is 0.579. The van der Waals surface area contributed by atoms with Gasteiger partial charge < -0.3 is 15.2 Å². The number of thiophene rings is 1. The smallest absolute Gasteiger partial charge is 0.191 e. The van der Waals surface area contributed by atoms with Gasteiger partial charge in [-0.1, -0.05) is 6.07 Å². The second-order valence-electron chi connectivity index (χ2n) is 6.91. The summed E-state index contributed by atoms with van der Waals surface area (Å²) in [6, 6.07) is 9.05. The van der Waals surface area contributed by atoms with E-state index in [1.54, 1.807) is 0 Å². The summed E-state index contributed by atoms with van der Waals surface area (Å²) < 4.78 is 2.18. The van der Waals surface area contributed by atoms with Gasteiger partial charge in [0.1, 0.15) is 0 Å². The highest BCUT2D eigenvalue weighted by Gasteiger charge is 2.31. The van der Waals surface area contributed by atoms with Crippen LogP contribution in [0.3, 0.4) is 0 Å². The van der Waals surface area contributed by atoms with E-state index in [0.29, 0.717) is 12.0 Å². The predicted octanol–water partition coefficient (Wildman–Crippen LogP) is 3.19. The van der Waals surface area contributed by atoms with Gasteiger partial charge in [-0.05, 0) is 62.9 Å². The normalized spacial score (nSPS) is 21.7. The Morgan fingerprint density at radius 3 is 2.85 bits per heavy atom. The van der Waals surface area contributed by atoms with Gasteiger partial charge in [0, 0.05) is 49.5 Å². The van der Waals surface area contributed by atoms with E-state index in [1.807, 2.05) is 11.3 Å². The fraction of sp³-hybridized carbons (Fsp3) is 0.550. The number of hydrogen-bond acceptors (Lipinski definition) is 3. The van der Waals surface area contributed by atoms with Gasteiger partial charge in [-0.2, -0.15) is 0 Å². The summed E-state index contributed by atoms with van der Waals surface area (Å²) >= 11 is 1.87. The maximum Gasteiger partial charge on any atom is 0.191 e. The van der Waals surface area contributed by atoms with Crippen LogP contribution in [0.2, 0.25) is 0 Å². The highest BCUT2D eigenvalue weighted by atomic mass is 32.1. The highest BCUT2D eigenvalue weighted by Crippen LogP contribution is 2.37. The molecule has 26 heavy (non-hydrogen) atoms. The molecule has 2 unspecified atom stereocenters. The molecule has 6 heteroatoms. The number of piperidine rings is 1. The van der Waals surface area contributed by atoms with Gasteiger partial charge in [0.05, 0.1) is 0 Å². The lowest BCUT2D eigenvalue weighted by molar-refractivity contribution is 0.128. The summed E-state index contributed by atoms with van der Waals surface area (Å²) in [5.41, 5.74) is 0. The first-order chi connectivity index (χ1) is 12.8. The van der Waals surface area contributed by atoms with Crippen molar-refractivity contribution in [2.24, 2.45) is 10.9 Å². The van der Waals surface area contributed by atoms with Crippen LogP contribution in [-0.2, 0) is 6.54 Å². The van der Waals surface area contributed by atoms with Gasteiger partial charge in [-0.25, -0.2) is 0 Å². The van der Waals surface area contributed by atoms with E-state index in [-0.39, 0.29) is 0 Å². The lowest BCUT2D eigenvalue weighted by atomic mass is 9.88. The highest BCUT2D eigenvalue weighted by molar-refractivity contribution is 7.10. The summed E-state index contributed by atoms with van der Waals surface area (Å²) in [7, 11) is 2.25. The van der Waals surface area contributed by atoms with E-state index in [0.717, 1.165) is 32.1 Å².